The summed E-state index contributed by atoms with van der Waals surface area (Å²) in [6.45, 7) is -0.0689. The van der Waals surface area contributed by atoms with E-state index in [0.717, 1.165) is 5.69 Å². The Morgan fingerprint density at radius 1 is 1.00 bits per heavy atom. The molecule has 0 aliphatic carbocycles. The van der Waals surface area contributed by atoms with Crippen LogP contribution in [0, 0.1) is 5.82 Å². The highest BCUT2D eigenvalue weighted by Crippen LogP contribution is 2.30. The minimum absolute atomic E-state index is 0.0169. The van der Waals surface area contributed by atoms with Crippen molar-refractivity contribution in [2.45, 2.75) is 11.8 Å². The first kappa shape index (κ1) is 22.6. The van der Waals surface area contributed by atoms with Crippen LogP contribution in [0.2, 0.25) is 0 Å². The fraction of sp³-hybridized carbons (Fsp3) is 0.120. The second-order valence-electron chi connectivity index (χ2n) is 7.62. The summed E-state index contributed by atoms with van der Waals surface area (Å²) >= 11 is 1.20. The van der Waals surface area contributed by atoms with Gasteiger partial charge in [0.15, 0.2) is 22.5 Å². The first-order valence-corrected chi connectivity index (χ1v) is 11.8. The van der Waals surface area contributed by atoms with Gasteiger partial charge in [-0.25, -0.2) is 4.39 Å². The van der Waals surface area contributed by atoms with Crippen molar-refractivity contribution in [1.29, 1.82) is 0 Å². The Morgan fingerprint density at radius 3 is 2.57 bits per heavy atom. The number of rotatable bonds is 7. The lowest BCUT2D eigenvalue weighted by molar-refractivity contribution is -0.120. The third kappa shape index (κ3) is 4.87. The summed E-state index contributed by atoms with van der Waals surface area (Å²) in [5, 5.41) is 11.7. The standard InChI is InChI=1S/C25H20FN5O3S/c26-18-10-4-7-13-21(18)34-15-22-28-29-25(31(22)17-8-2-1-3-9-17)35-16-24(33)30-14-23(32)27-19-11-5-6-12-20(19)30/h1-13H,14-16H2,(H,27,32). The first-order valence-electron chi connectivity index (χ1n) is 10.8. The van der Waals surface area contributed by atoms with Crippen LogP contribution >= 0.6 is 11.8 Å². The number of amides is 2. The molecular weight excluding hydrogens is 469 g/mol. The molecule has 0 spiro atoms. The van der Waals surface area contributed by atoms with E-state index < -0.39 is 5.82 Å². The van der Waals surface area contributed by atoms with Crippen molar-refractivity contribution in [3.05, 3.63) is 90.5 Å². The van der Waals surface area contributed by atoms with Gasteiger partial charge in [-0.15, -0.1) is 10.2 Å². The van der Waals surface area contributed by atoms with E-state index in [2.05, 4.69) is 15.5 Å². The number of ether oxygens (including phenoxy) is 1. The minimum Gasteiger partial charge on any atom is -0.483 e. The van der Waals surface area contributed by atoms with Gasteiger partial charge in [-0.2, -0.15) is 0 Å². The Bertz CT molecular complexity index is 1380. The molecule has 1 aromatic heterocycles. The highest BCUT2D eigenvalue weighted by atomic mass is 32.2. The number of benzene rings is 3. The summed E-state index contributed by atoms with van der Waals surface area (Å²) in [5.41, 5.74) is 2.03. The van der Waals surface area contributed by atoms with E-state index in [1.165, 1.54) is 22.7 Å². The van der Waals surface area contributed by atoms with Gasteiger partial charge in [0.1, 0.15) is 13.2 Å². The summed E-state index contributed by atoms with van der Waals surface area (Å²) in [6, 6.07) is 22.7. The number of anilines is 2. The molecule has 0 atom stereocenters. The molecule has 0 saturated carbocycles. The molecule has 0 saturated heterocycles. The molecule has 0 bridgehead atoms. The van der Waals surface area contributed by atoms with Crippen molar-refractivity contribution in [2.24, 2.45) is 0 Å². The molecule has 176 valence electrons. The third-order valence-electron chi connectivity index (χ3n) is 5.30. The second kappa shape index (κ2) is 9.98. The van der Waals surface area contributed by atoms with Crippen LogP contribution in [-0.2, 0) is 16.2 Å². The topological polar surface area (TPSA) is 89.3 Å². The molecule has 2 heterocycles. The van der Waals surface area contributed by atoms with Crippen LogP contribution in [0.3, 0.4) is 0 Å². The summed E-state index contributed by atoms with van der Waals surface area (Å²) in [4.78, 5) is 26.6. The normalized spacial score (nSPS) is 12.7. The smallest absolute Gasteiger partial charge is 0.244 e. The van der Waals surface area contributed by atoms with Gasteiger partial charge in [-0.3, -0.25) is 14.2 Å². The summed E-state index contributed by atoms with van der Waals surface area (Å²) in [5.74, 6) is -0.338. The van der Waals surface area contributed by atoms with E-state index in [-0.39, 0.29) is 36.5 Å². The predicted molar refractivity (Wildman–Crippen MR) is 130 cm³/mol. The number of carbonyl (C=O) groups is 2. The zero-order chi connectivity index (χ0) is 24.2. The average molecular weight is 490 g/mol. The van der Waals surface area contributed by atoms with E-state index in [1.54, 1.807) is 41.0 Å². The molecule has 1 N–H and O–H groups in total. The molecule has 35 heavy (non-hydrogen) atoms. The quantitative estimate of drug-likeness (QED) is 0.394. The van der Waals surface area contributed by atoms with Crippen molar-refractivity contribution in [1.82, 2.24) is 14.8 Å². The van der Waals surface area contributed by atoms with Gasteiger partial charge >= 0.3 is 0 Å². The lowest BCUT2D eigenvalue weighted by Crippen LogP contribution is -2.43. The Balaban J connectivity index is 1.37. The van der Waals surface area contributed by atoms with Crippen LogP contribution in [0.1, 0.15) is 5.82 Å². The van der Waals surface area contributed by atoms with Gasteiger partial charge in [0, 0.05) is 5.69 Å². The number of nitrogens with one attached hydrogen (secondary N) is 1. The van der Waals surface area contributed by atoms with Crippen molar-refractivity contribution in [3.8, 4) is 11.4 Å². The van der Waals surface area contributed by atoms with Crippen molar-refractivity contribution >= 4 is 35.0 Å². The van der Waals surface area contributed by atoms with Gasteiger partial charge in [-0.1, -0.05) is 54.2 Å². The van der Waals surface area contributed by atoms with E-state index in [4.69, 9.17) is 4.74 Å². The van der Waals surface area contributed by atoms with E-state index in [1.807, 2.05) is 36.4 Å². The summed E-state index contributed by atoms with van der Waals surface area (Å²) in [7, 11) is 0. The Kier molecular flexibility index (Phi) is 6.44. The zero-order valence-corrected chi connectivity index (χ0v) is 19.2. The molecule has 8 nitrogen and oxygen atoms in total. The van der Waals surface area contributed by atoms with Crippen molar-refractivity contribution < 1.29 is 18.7 Å². The number of carbonyl (C=O) groups excluding carboxylic acids is 2. The van der Waals surface area contributed by atoms with Gasteiger partial charge in [0.05, 0.1) is 17.1 Å². The number of hydrogen-bond acceptors (Lipinski definition) is 6. The zero-order valence-electron chi connectivity index (χ0n) is 18.4. The Hall–Kier alpha value is -4.18. The number of halogens is 1. The van der Waals surface area contributed by atoms with Crippen molar-refractivity contribution in [3.63, 3.8) is 0 Å². The summed E-state index contributed by atoms with van der Waals surface area (Å²) < 4.78 is 21.4. The monoisotopic (exact) mass is 489 g/mol. The number of para-hydroxylation sites is 4. The van der Waals surface area contributed by atoms with Crippen molar-refractivity contribution in [2.75, 3.05) is 22.5 Å². The molecule has 1 aliphatic heterocycles. The maximum absolute atomic E-state index is 14.0. The average Bonchev–Trinajstić information content (AvgIpc) is 3.29. The molecule has 3 aromatic carbocycles. The SMILES string of the molecule is O=C1CN(C(=O)CSc2nnc(COc3ccccc3F)n2-c2ccccc2)c2ccccc2N1. The first-order chi connectivity index (χ1) is 17.1. The molecule has 0 radical (unpaired) electrons. The highest BCUT2D eigenvalue weighted by molar-refractivity contribution is 7.99. The van der Waals surface area contributed by atoms with Crippen LogP contribution in [0.25, 0.3) is 5.69 Å². The predicted octanol–water partition coefficient (Wildman–Crippen LogP) is 4.06. The molecule has 2 amide bonds. The highest BCUT2D eigenvalue weighted by Gasteiger charge is 2.27. The van der Waals surface area contributed by atoms with Crippen LogP contribution in [-0.4, -0.2) is 38.9 Å². The lowest BCUT2D eigenvalue weighted by Gasteiger charge is -2.29. The van der Waals surface area contributed by atoms with Gasteiger partial charge in [-0.05, 0) is 36.4 Å². The molecule has 10 heteroatoms. The minimum atomic E-state index is -0.468. The maximum Gasteiger partial charge on any atom is 0.244 e. The lowest BCUT2D eigenvalue weighted by atomic mass is 10.2. The number of thioether (sulfide) groups is 1. The fourth-order valence-electron chi connectivity index (χ4n) is 3.69. The molecule has 0 fully saturated rings. The number of aromatic nitrogens is 3. The van der Waals surface area contributed by atoms with Gasteiger partial charge in [0.2, 0.25) is 11.8 Å². The van der Waals surface area contributed by atoms with Crippen LogP contribution in [0.5, 0.6) is 5.75 Å². The van der Waals surface area contributed by atoms with Gasteiger partial charge in [0.25, 0.3) is 0 Å². The number of hydrogen-bond donors (Lipinski definition) is 1. The Labute approximate surface area is 204 Å². The van der Waals surface area contributed by atoms with E-state index in [9.17, 15) is 14.0 Å². The molecule has 1 aliphatic rings. The third-order valence-corrected chi connectivity index (χ3v) is 6.22. The van der Waals surface area contributed by atoms with Crippen LogP contribution in [0.4, 0.5) is 15.8 Å². The second-order valence-corrected chi connectivity index (χ2v) is 8.57. The molecule has 0 unspecified atom stereocenters. The molecular formula is C25H20FN5O3S. The molecule has 4 aromatic rings. The number of fused-ring (bicyclic) bond motifs is 1. The summed E-state index contributed by atoms with van der Waals surface area (Å²) in [6.07, 6.45) is 0. The van der Waals surface area contributed by atoms with Gasteiger partial charge < -0.3 is 15.0 Å². The van der Waals surface area contributed by atoms with E-state index in [0.29, 0.717) is 22.4 Å². The fourth-order valence-corrected chi connectivity index (χ4v) is 4.53. The Morgan fingerprint density at radius 2 is 1.74 bits per heavy atom. The van der Waals surface area contributed by atoms with E-state index >= 15 is 0 Å². The number of nitrogens with zero attached hydrogens (tertiary/aromatic N) is 4. The largest absolute Gasteiger partial charge is 0.483 e. The van der Waals surface area contributed by atoms with Crippen LogP contribution in [0.15, 0.2) is 84.0 Å². The maximum atomic E-state index is 14.0. The molecule has 5 rings (SSSR count). The van der Waals surface area contributed by atoms with Crippen LogP contribution < -0.4 is 15.0 Å².